The van der Waals surface area contributed by atoms with Crippen molar-refractivity contribution in [2.24, 2.45) is 7.05 Å². The first-order chi connectivity index (χ1) is 5.95. The lowest BCUT2D eigenvalue weighted by atomic mass is 10.5. The summed E-state index contributed by atoms with van der Waals surface area (Å²) in [5.74, 6) is -0.631. The Bertz CT molecular complexity index is 428. The van der Waals surface area contributed by atoms with Gasteiger partial charge in [-0.3, -0.25) is 4.79 Å². The molecule has 0 fully saturated rings. The maximum Gasteiger partial charge on any atom is 0.408 e. The van der Waals surface area contributed by atoms with E-state index in [-0.39, 0.29) is 0 Å². The molecule has 6 nitrogen and oxygen atoms in total. The van der Waals surface area contributed by atoms with Crippen LogP contribution < -0.4 is 5.56 Å². The quantitative estimate of drug-likeness (QED) is 0.526. The minimum Gasteiger partial charge on any atom is -0.358 e. The van der Waals surface area contributed by atoms with E-state index < -0.39 is 26.3 Å². The Kier molecular flexibility index (Phi) is 2.53. The van der Waals surface area contributed by atoms with Crippen LogP contribution in [-0.4, -0.2) is 14.7 Å². The average molecular weight is 224 g/mol. The summed E-state index contributed by atoms with van der Waals surface area (Å²) >= 11 is 10.8. The van der Waals surface area contributed by atoms with Gasteiger partial charge in [-0.1, -0.05) is 23.2 Å². The van der Waals surface area contributed by atoms with Crippen molar-refractivity contribution in [3.05, 3.63) is 30.5 Å². The van der Waals surface area contributed by atoms with Crippen molar-refractivity contribution in [3.63, 3.8) is 0 Å². The molecule has 0 saturated carbocycles. The van der Waals surface area contributed by atoms with Crippen LogP contribution in [0.15, 0.2) is 4.79 Å². The van der Waals surface area contributed by atoms with Crippen molar-refractivity contribution >= 4 is 29.0 Å². The van der Waals surface area contributed by atoms with Gasteiger partial charge in [0.1, 0.15) is 5.02 Å². The van der Waals surface area contributed by atoms with Crippen molar-refractivity contribution in [1.82, 2.24) is 9.78 Å². The molecule has 1 aromatic heterocycles. The van der Waals surface area contributed by atoms with Gasteiger partial charge in [-0.15, -0.1) is 4.68 Å². The molecule has 0 aliphatic rings. The van der Waals surface area contributed by atoms with Gasteiger partial charge in [0.15, 0.2) is 5.02 Å². The molecule has 8 heteroatoms. The molecule has 0 aliphatic carbocycles. The highest BCUT2D eigenvalue weighted by Gasteiger charge is 2.22. The number of aryl methyl sites for hydroxylation is 1. The molecule has 0 saturated heterocycles. The third-order valence-corrected chi connectivity index (χ3v) is 2.09. The van der Waals surface area contributed by atoms with Crippen LogP contribution >= 0.6 is 23.2 Å². The monoisotopic (exact) mass is 223 g/mol. The summed E-state index contributed by atoms with van der Waals surface area (Å²) in [4.78, 5) is 20.5. The van der Waals surface area contributed by atoms with E-state index >= 15 is 0 Å². The first-order valence-corrected chi connectivity index (χ1v) is 3.77. The van der Waals surface area contributed by atoms with Gasteiger partial charge < -0.3 is 10.1 Å². The van der Waals surface area contributed by atoms with Crippen LogP contribution in [0.3, 0.4) is 0 Å². The fraction of sp³-hybridized carbons (Fsp3) is 0.200. The van der Waals surface area contributed by atoms with Gasteiger partial charge in [-0.05, 0) is 4.92 Å². The summed E-state index contributed by atoms with van der Waals surface area (Å²) in [7, 11) is 1.25. The van der Waals surface area contributed by atoms with Crippen molar-refractivity contribution in [1.29, 1.82) is 0 Å². The predicted molar refractivity (Wildman–Crippen MR) is 46.2 cm³/mol. The van der Waals surface area contributed by atoms with Crippen LogP contribution in [0.2, 0.25) is 10.0 Å². The maximum atomic E-state index is 11.0. The second-order valence-electron chi connectivity index (χ2n) is 2.14. The van der Waals surface area contributed by atoms with E-state index in [9.17, 15) is 14.9 Å². The molecule has 1 aromatic rings. The van der Waals surface area contributed by atoms with Crippen molar-refractivity contribution in [3.8, 4) is 0 Å². The lowest BCUT2D eigenvalue weighted by Crippen LogP contribution is -2.21. The summed E-state index contributed by atoms with van der Waals surface area (Å²) < 4.78 is 0.756. The molecule has 13 heavy (non-hydrogen) atoms. The fourth-order valence-corrected chi connectivity index (χ4v) is 1.08. The number of nitrogens with zero attached hydrogens (tertiary/aromatic N) is 3. The third-order valence-electron chi connectivity index (χ3n) is 1.29. The standard InChI is InChI=1S/C5H3Cl2N3O3/c1-9-5(11)3(7)2(6)4(8-9)10(12)13/h1H3. The van der Waals surface area contributed by atoms with Gasteiger partial charge in [-0.25, -0.2) is 0 Å². The Morgan fingerprint density at radius 3 is 2.46 bits per heavy atom. The Balaban J connectivity index is 3.60. The largest absolute Gasteiger partial charge is 0.408 e. The Hall–Kier alpha value is -1.14. The summed E-state index contributed by atoms with van der Waals surface area (Å²) in [6.45, 7) is 0. The SMILES string of the molecule is Cn1nc([N+](=O)[O-])c(Cl)c(Cl)c1=O. The molecule has 0 spiro atoms. The van der Waals surface area contributed by atoms with Crippen LogP contribution in [-0.2, 0) is 7.05 Å². The molecule has 1 heterocycles. The van der Waals surface area contributed by atoms with Crippen LogP contribution in [0.25, 0.3) is 0 Å². The number of halogens is 2. The summed E-state index contributed by atoms with van der Waals surface area (Å²) in [5.41, 5.74) is -0.669. The van der Waals surface area contributed by atoms with Gasteiger partial charge in [-0.2, -0.15) is 0 Å². The van der Waals surface area contributed by atoms with E-state index in [1.54, 1.807) is 0 Å². The molecule has 0 aliphatic heterocycles. The first kappa shape index (κ1) is 9.94. The second kappa shape index (κ2) is 3.31. The van der Waals surface area contributed by atoms with Crippen molar-refractivity contribution in [2.75, 3.05) is 0 Å². The van der Waals surface area contributed by atoms with E-state index in [4.69, 9.17) is 23.2 Å². The molecule has 1 rings (SSSR count). The van der Waals surface area contributed by atoms with Gasteiger partial charge in [0.05, 0.1) is 12.1 Å². The molecule has 0 radical (unpaired) electrons. The van der Waals surface area contributed by atoms with E-state index in [1.807, 2.05) is 0 Å². The van der Waals surface area contributed by atoms with E-state index in [0.29, 0.717) is 0 Å². The Morgan fingerprint density at radius 2 is 2.00 bits per heavy atom. The van der Waals surface area contributed by atoms with Gasteiger partial charge in [0.2, 0.25) is 0 Å². The molecule has 0 unspecified atom stereocenters. The molecular formula is C5H3Cl2N3O3. The minimum absolute atomic E-state index is 0.397. The number of aromatic nitrogens is 2. The fourth-order valence-electron chi connectivity index (χ4n) is 0.682. The molecule has 70 valence electrons. The molecule has 0 N–H and O–H groups in total. The first-order valence-electron chi connectivity index (χ1n) is 3.02. The normalized spacial score (nSPS) is 10.1. The van der Waals surface area contributed by atoms with E-state index in [1.165, 1.54) is 7.05 Å². The number of hydrogen-bond acceptors (Lipinski definition) is 4. The number of rotatable bonds is 1. The minimum atomic E-state index is -0.812. The lowest BCUT2D eigenvalue weighted by molar-refractivity contribution is -0.390. The van der Waals surface area contributed by atoms with Crippen LogP contribution in [0.5, 0.6) is 0 Å². The highest BCUT2D eigenvalue weighted by atomic mass is 35.5. The third kappa shape index (κ3) is 1.63. The highest BCUT2D eigenvalue weighted by Crippen LogP contribution is 2.25. The van der Waals surface area contributed by atoms with E-state index in [2.05, 4.69) is 5.10 Å². The zero-order valence-corrected chi connectivity index (χ0v) is 7.83. The Labute approximate surface area is 81.8 Å². The molecule has 0 amide bonds. The average Bonchev–Trinajstić information content (AvgIpc) is 2.07. The summed E-state index contributed by atoms with van der Waals surface area (Å²) in [5, 5.41) is 12.8. The zero-order valence-electron chi connectivity index (χ0n) is 6.32. The van der Waals surface area contributed by atoms with Crippen molar-refractivity contribution < 1.29 is 4.92 Å². The van der Waals surface area contributed by atoms with Gasteiger partial charge >= 0.3 is 11.4 Å². The number of nitro groups is 1. The molecule has 0 atom stereocenters. The lowest BCUT2D eigenvalue weighted by Gasteiger charge is -1.97. The summed E-state index contributed by atoms with van der Waals surface area (Å²) in [6, 6.07) is 0. The second-order valence-corrected chi connectivity index (χ2v) is 2.89. The summed E-state index contributed by atoms with van der Waals surface area (Å²) in [6.07, 6.45) is 0. The topological polar surface area (TPSA) is 78.0 Å². The van der Waals surface area contributed by atoms with Crippen LogP contribution in [0.1, 0.15) is 0 Å². The molecule has 0 bridgehead atoms. The van der Waals surface area contributed by atoms with Crippen LogP contribution in [0, 0.1) is 10.1 Å². The van der Waals surface area contributed by atoms with E-state index in [0.717, 1.165) is 4.68 Å². The number of hydrogen-bond donors (Lipinski definition) is 0. The van der Waals surface area contributed by atoms with Crippen molar-refractivity contribution in [2.45, 2.75) is 0 Å². The Morgan fingerprint density at radius 1 is 1.46 bits per heavy atom. The predicted octanol–water partition coefficient (Wildman–Crippen LogP) is 0.995. The zero-order chi connectivity index (χ0) is 10.2. The van der Waals surface area contributed by atoms with Gasteiger partial charge in [0, 0.05) is 0 Å². The maximum absolute atomic E-state index is 11.0. The molecular weight excluding hydrogens is 221 g/mol. The highest BCUT2D eigenvalue weighted by molar-refractivity contribution is 6.42. The van der Waals surface area contributed by atoms with Crippen LogP contribution in [0.4, 0.5) is 5.82 Å². The molecule has 0 aromatic carbocycles. The smallest absolute Gasteiger partial charge is 0.358 e. The van der Waals surface area contributed by atoms with Gasteiger partial charge in [0.25, 0.3) is 0 Å².